The third kappa shape index (κ3) is 5.36. The van der Waals surface area contributed by atoms with Gasteiger partial charge in [0.2, 0.25) is 10.0 Å². The van der Waals surface area contributed by atoms with E-state index in [1.807, 2.05) is 0 Å². The van der Waals surface area contributed by atoms with E-state index in [0.29, 0.717) is 15.6 Å². The minimum atomic E-state index is -3.59. The zero-order valence-electron chi connectivity index (χ0n) is 10.1. The maximum Gasteiger partial charge on any atom is 0.304 e. The molecule has 0 spiro atoms. The van der Waals surface area contributed by atoms with Crippen molar-refractivity contribution in [2.24, 2.45) is 0 Å². The summed E-state index contributed by atoms with van der Waals surface area (Å²) in [6.45, 7) is -0.0774. The van der Waals surface area contributed by atoms with Gasteiger partial charge in [-0.25, -0.2) is 12.7 Å². The first kappa shape index (κ1) is 16.2. The average molecular weight is 326 g/mol. The maximum atomic E-state index is 12.0. The van der Waals surface area contributed by atoms with Crippen LogP contribution < -0.4 is 0 Å². The molecule has 0 atom stereocenters. The van der Waals surface area contributed by atoms with Gasteiger partial charge in [-0.2, -0.15) is 0 Å². The number of sulfonamides is 1. The number of benzene rings is 1. The van der Waals surface area contributed by atoms with Crippen molar-refractivity contribution in [1.29, 1.82) is 0 Å². The van der Waals surface area contributed by atoms with Crippen molar-refractivity contribution in [3.05, 3.63) is 33.8 Å². The molecule has 0 saturated heterocycles. The van der Waals surface area contributed by atoms with E-state index in [-0.39, 0.29) is 18.7 Å². The Hall–Kier alpha value is -0.820. The molecule has 0 aliphatic rings. The molecular formula is C11H13Cl2NO4S. The van der Waals surface area contributed by atoms with Gasteiger partial charge in [0.15, 0.2) is 0 Å². The van der Waals surface area contributed by atoms with Crippen molar-refractivity contribution in [2.75, 3.05) is 13.6 Å². The van der Waals surface area contributed by atoms with E-state index in [1.165, 1.54) is 25.2 Å². The summed E-state index contributed by atoms with van der Waals surface area (Å²) in [5.74, 6) is -1.32. The second-order valence-corrected chi connectivity index (χ2v) is 6.95. The van der Waals surface area contributed by atoms with Crippen LogP contribution in [0.4, 0.5) is 0 Å². The normalized spacial score (nSPS) is 11.8. The van der Waals surface area contributed by atoms with Gasteiger partial charge < -0.3 is 5.11 Å². The molecule has 0 aromatic heterocycles. The Kier molecular flexibility index (Phi) is 5.61. The van der Waals surface area contributed by atoms with Gasteiger partial charge in [0.1, 0.15) is 0 Å². The molecule has 0 saturated carbocycles. The third-order valence-electron chi connectivity index (χ3n) is 2.39. The molecule has 19 heavy (non-hydrogen) atoms. The Morgan fingerprint density at radius 3 is 2.26 bits per heavy atom. The molecule has 1 N–H and O–H groups in total. The van der Waals surface area contributed by atoms with Crippen molar-refractivity contribution < 1.29 is 18.3 Å². The largest absolute Gasteiger partial charge is 0.481 e. The monoisotopic (exact) mass is 325 g/mol. The molecule has 0 radical (unpaired) electrons. The highest BCUT2D eigenvalue weighted by atomic mass is 35.5. The molecule has 0 aliphatic heterocycles. The van der Waals surface area contributed by atoms with Crippen LogP contribution >= 0.6 is 23.2 Å². The summed E-state index contributed by atoms with van der Waals surface area (Å²) < 4.78 is 25.0. The number of halogens is 2. The van der Waals surface area contributed by atoms with Gasteiger partial charge in [-0.05, 0) is 23.8 Å². The highest BCUT2D eigenvalue weighted by Gasteiger charge is 2.19. The van der Waals surface area contributed by atoms with Crippen molar-refractivity contribution in [2.45, 2.75) is 12.2 Å². The summed E-state index contributed by atoms with van der Waals surface area (Å²) in [6, 6.07) is 4.53. The van der Waals surface area contributed by atoms with Crippen molar-refractivity contribution in [3.8, 4) is 0 Å². The fourth-order valence-corrected chi connectivity index (χ4v) is 3.16. The number of hydrogen-bond donors (Lipinski definition) is 1. The van der Waals surface area contributed by atoms with Gasteiger partial charge in [-0.15, -0.1) is 0 Å². The predicted molar refractivity (Wildman–Crippen MR) is 74.0 cm³/mol. The van der Waals surface area contributed by atoms with E-state index >= 15 is 0 Å². The standard InChI is InChI=1S/C11H13Cl2NO4S/c1-14(3-2-11(15)16)19(17,18)7-8-4-9(12)6-10(13)5-8/h4-6H,2-3,7H2,1H3,(H,15,16). The number of carbonyl (C=O) groups is 1. The Morgan fingerprint density at radius 1 is 1.26 bits per heavy atom. The number of aliphatic carboxylic acids is 1. The van der Waals surface area contributed by atoms with Crippen LogP contribution in [-0.2, 0) is 20.6 Å². The van der Waals surface area contributed by atoms with E-state index in [0.717, 1.165) is 4.31 Å². The number of rotatable bonds is 6. The smallest absolute Gasteiger partial charge is 0.304 e. The molecule has 0 amide bonds. The molecule has 0 bridgehead atoms. The lowest BCUT2D eigenvalue weighted by Crippen LogP contribution is -2.30. The zero-order chi connectivity index (χ0) is 14.6. The Morgan fingerprint density at radius 2 is 1.79 bits per heavy atom. The molecule has 0 aliphatic carbocycles. The first-order chi connectivity index (χ1) is 8.70. The molecule has 1 aromatic carbocycles. The van der Waals surface area contributed by atoms with Crippen LogP contribution in [0.25, 0.3) is 0 Å². The average Bonchev–Trinajstić information content (AvgIpc) is 2.23. The minimum absolute atomic E-state index is 0.0774. The van der Waals surface area contributed by atoms with Crippen molar-refractivity contribution in [1.82, 2.24) is 4.31 Å². The topological polar surface area (TPSA) is 74.7 Å². The number of carboxylic acids is 1. The summed E-state index contributed by atoms with van der Waals surface area (Å²) in [5.41, 5.74) is 0.458. The van der Waals surface area contributed by atoms with E-state index in [9.17, 15) is 13.2 Å². The van der Waals surface area contributed by atoms with Crippen LogP contribution in [0.3, 0.4) is 0 Å². The van der Waals surface area contributed by atoms with E-state index in [2.05, 4.69) is 0 Å². The van der Waals surface area contributed by atoms with Gasteiger partial charge in [0.05, 0.1) is 12.2 Å². The molecule has 8 heteroatoms. The molecule has 106 valence electrons. The quantitative estimate of drug-likeness (QED) is 0.870. The molecular weight excluding hydrogens is 313 g/mol. The Labute approximate surface area is 121 Å². The highest BCUT2D eigenvalue weighted by Crippen LogP contribution is 2.21. The van der Waals surface area contributed by atoms with Crippen LogP contribution in [-0.4, -0.2) is 37.4 Å². The summed E-state index contributed by atoms with van der Waals surface area (Å²) in [7, 11) is -2.25. The lowest BCUT2D eigenvalue weighted by Gasteiger charge is -2.16. The molecule has 0 unspecified atom stereocenters. The van der Waals surface area contributed by atoms with E-state index in [4.69, 9.17) is 28.3 Å². The van der Waals surface area contributed by atoms with Crippen LogP contribution in [0.1, 0.15) is 12.0 Å². The van der Waals surface area contributed by atoms with Crippen LogP contribution in [0, 0.1) is 0 Å². The second-order valence-electron chi connectivity index (χ2n) is 4.00. The molecule has 0 fully saturated rings. The van der Waals surface area contributed by atoms with Crippen LogP contribution in [0.15, 0.2) is 18.2 Å². The maximum absolute atomic E-state index is 12.0. The fourth-order valence-electron chi connectivity index (χ4n) is 1.41. The van der Waals surface area contributed by atoms with Gasteiger partial charge in [-0.1, -0.05) is 23.2 Å². The van der Waals surface area contributed by atoms with Crippen molar-refractivity contribution in [3.63, 3.8) is 0 Å². The molecule has 0 heterocycles. The molecule has 5 nitrogen and oxygen atoms in total. The summed E-state index contributed by atoms with van der Waals surface area (Å²) in [6.07, 6.45) is -0.244. The highest BCUT2D eigenvalue weighted by molar-refractivity contribution is 7.88. The van der Waals surface area contributed by atoms with Crippen LogP contribution in [0.5, 0.6) is 0 Å². The molecule has 1 aromatic rings. The lowest BCUT2D eigenvalue weighted by molar-refractivity contribution is -0.137. The van der Waals surface area contributed by atoms with Gasteiger partial charge >= 0.3 is 5.97 Å². The van der Waals surface area contributed by atoms with E-state index in [1.54, 1.807) is 0 Å². The predicted octanol–water partition coefficient (Wildman–Crippen LogP) is 2.23. The number of nitrogens with zero attached hydrogens (tertiary/aromatic N) is 1. The summed E-state index contributed by atoms with van der Waals surface area (Å²) in [5, 5.41) is 9.24. The molecule has 1 rings (SSSR count). The van der Waals surface area contributed by atoms with E-state index < -0.39 is 16.0 Å². The SMILES string of the molecule is CN(CCC(=O)O)S(=O)(=O)Cc1cc(Cl)cc(Cl)c1. The zero-order valence-corrected chi connectivity index (χ0v) is 12.5. The van der Waals surface area contributed by atoms with Crippen molar-refractivity contribution >= 4 is 39.2 Å². The third-order valence-corrected chi connectivity index (χ3v) is 4.65. The fraction of sp³-hybridized carbons (Fsp3) is 0.364. The van der Waals surface area contributed by atoms with Gasteiger partial charge in [-0.3, -0.25) is 4.79 Å². The first-order valence-corrected chi connectivity index (χ1v) is 7.68. The Balaban J connectivity index is 2.81. The lowest BCUT2D eigenvalue weighted by atomic mass is 10.2. The van der Waals surface area contributed by atoms with Gasteiger partial charge in [0.25, 0.3) is 0 Å². The number of carboxylic acid groups (broad SMARTS) is 1. The number of hydrogen-bond acceptors (Lipinski definition) is 3. The summed E-state index contributed by atoms with van der Waals surface area (Å²) >= 11 is 11.6. The Bertz CT molecular complexity index is 554. The van der Waals surface area contributed by atoms with Gasteiger partial charge in [0, 0.05) is 23.6 Å². The minimum Gasteiger partial charge on any atom is -0.481 e. The summed E-state index contributed by atoms with van der Waals surface area (Å²) in [4.78, 5) is 10.4. The first-order valence-electron chi connectivity index (χ1n) is 5.31. The second kappa shape index (κ2) is 6.56. The van der Waals surface area contributed by atoms with Crippen LogP contribution in [0.2, 0.25) is 10.0 Å².